The van der Waals surface area contributed by atoms with Crippen molar-refractivity contribution in [3.05, 3.63) is 0 Å². The molecule has 104 valence electrons. The molecule has 0 aromatic carbocycles. The predicted octanol–water partition coefficient (Wildman–Crippen LogP) is 1.21. The summed E-state index contributed by atoms with van der Waals surface area (Å²) in [5.41, 5.74) is 0. The van der Waals surface area contributed by atoms with Crippen molar-refractivity contribution in [2.24, 2.45) is 5.92 Å². The summed E-state index contributed by atoms with van der Waals surface area (Å²) in [7, 11) is 3.08. The largest absolute Gasteiger partial charge is 0.469 e. The van der Waals surface area contributed by atoms with Crippen molar-refractivity contribution >= 4 is 11.9 Å². The molecule has 2 unspecified atom stereocenters. The van der Waals surface area contributed by atoms with Crippen LogP contribution in [0.3, 0.4) is 0 Å². The summed E-state index contributed by atoms with van der Waals surface area (Å²) in [6, 6.07) is 0. The topological polar surface area (TPSA) is 55.8 Å². The van der Waals surface area contributed by atoms with Crippen LogP contribution >= 0.6 is 0 Å². The van der Waals surface area contributed by atoms with Crippen molar-refractivity contribution in [1.29, 1.82) is 0 Å². The Morgan fingerprint density at radius 3 is 2.78 bits per heavy atom. The van der Waals surface area contributed by atoms with E-state index >= 15 is 0 Å². The standard InChI is InChI=1S/C13H23NO4/c1-10(13(16)17-3)9-14(2)12(15)7-6-11-5-4-8-18-11/h10-11H,4-9H2,1-3H3. The van der Waals surface area contributed by atoms with E-state index in [0.717, 1.165) is 25.9 Å². The molecule has 5 nitrogen and oxygen atoms in total. The number of rotatable bonds is 6. The van der Waals surface area contributed by atoms with E-state index in [9.17, 15) is 9.59 Å². The monoisotopic (exact) mass is 257 g/mol. The number of nitrogens with zero attached hydrogens (tertiary/aromatic N) is 1. The number of esters is 1. The average Bonchev–Trinajstić information content (AvgIpc) is 2.87. The number of hydrogen-bond acceptors (Lipinski definition) is 4. The lowest BCUT2D eigenvalue weighted by Crippen LogP contribution is -2.34. The first-order valence-corrected chi connectivity index (χ1v) is 6.48. The van der Waals surface area contributed by atoms with Gasteiger partial charge < -0.3 is 14.4 Å². The molecule has 1 amide bonds. The lowest BCUT2D eigenvalue weighted by Gasteiger charge is -2.21. The molecule has 1 rings (SSSR count). The lowest BCUT2D eigenvalue weighted by molar-refractivity contribution is -0.146. The van der Waals surface area contributed by atoms with Crippen LogP contribution in [0.15, 0.2) is 0 Å². The number of carbonyl (C=O) groups is 2. The third-order valence-electron chi connectivity index (χ3n) is 3.28. The van der Waals surface area contributed by atoms with E-state index in [1.54, 1.807) is 18.9 Å². The van der Waals surface area contributed by atoms with Gasteiger partial charge in [-0.1, -0.05) is 6.92 Å². The highest BCUT2D eigenvalue weighted by molar-refractivity contribution is 5.77. The Labute approximate surface area is 108 Å². The zero-order valence-electron chi connectivity index (χ0n) is 11.5. The van der Waals surface area contributed by atoms with Gasteiger partial charge in [0.1, 0.15) is 0 Å². The lowest BCUT2D eigenvalue weighted by atomic mass is 10.1. The van der Waals surface area contributed by atoms with Gasteiger partial charge in [0.05, 0.1) is 19.1 Å². The number of methoxy groups -OCH3 is 1. The SMILES string of the molecule is COC(=O)C(C)CN(C)C(=O)CCC1CCCO1. The molecule has 5 heteroatoms. The van der Waals surface area contributed by atoms with Crippen LogP contribution in [0, 0.1) is 5.92 Å². The minimum Gasteiger partial charge on any atom is -0.469 e. The molecule has 0 bridgehead atoms. The van der Waals surface area contributed by atoms with Gasteiger partial charge >= 0.3 is 5.97 Å². The van der Waals surface area contributed by atoms with Crippen LogP contribution in [-0.2, 0) is 19.1 Å². The second kappa shape index (κ2) is 7.36. The van der Waals surface area contributed by atoms with Crippen molar-refractivity contribution in [3.8, 4) is 0 Å². The second-order valence-electron chi connectivity index (χ2n) is 4.87. The van der Waals surface area contributed by atoms with E-state index < -0.39 is 0 Å². The maximum Gasteiger partial charge on any atom is 0.310 e. The summed E-state index contributed by atoms with van der Waals surface area (Å²) in [4.78, 5) is 24.7. The average molecular weight is 257 g/mol. The fraction of sp³-hybridized carbons (Fsp3) is 0.846. The fourth-order valence-electron chi connectivity index (χ4n) is 2.14. The summed E-state index contributed by atoms with van der Waals surface area (Å²) in [5.74, 6) is -0.512. The number of ether oxygens (including phenoxy) is 2. The molecule has 2 atom stereocenters. The highest BCUT2D eigenvalue weighted by atomic mass is 16.5. The maximum atomic E-state index is 11.9. The Morgan fingerprint density at radius 1 is 1.50 bits per heavy atom. The molecule has 0 radical (unpaired) electrons. The van der Waals surface area contributed by atoms with Crippen LogP contribution in [-0.4, -0.2) is 50.2 Å². The van der Waals surface area contributed by atoms with Gasteiger partial charge in [0.15, 0.2) is 0 Å². The number of amides is 1. The molecule has 0 spiro atoms. The van der Waals surface area contributed by atoms with Gasteiger partial charge in [-0.05, 0) is 19.3 Å². The first-order valence-electron chi connectivity index (χ1n) is 6.48. The van der Waals surface area contributed by atoms with E-state index in [4.69, 9.17) is 4.74 Å². The Bertz CT molecular complexity index is 287. The molecular weight excluding hydrogens is 234 g/mol. The molecule has 0 aromatic rings. The van der Waals surface area contributed by atoms with E-state index in [2.05, 4.69) is 4.74 Å². The quantitative estimate of drug-likeness (QED) is 0.671. The van der Waals surface area contributed by atoms with E-state index in [1.165, 1.54) is 7.11 Å². The first kappa shape index (κ1) is 15.0. The van der Waals surface area contributed by atoms with Gasteiger partial charge in [-0.25, -0.2) is 0 Å². The van der Waals surface area contributed by atoms with Crippen LogP contribution in [0.2, 0.25) is 0 Å². The second-order valence-corrected chi connectivity index (χ2v) is 4.87. The molecular formula is C13H23NO4. The summed E-state index contributed by atoms with van der Waals surface area (Å²) >= 11 is 0. The Morgan fingerprint density at radius 2 is 2.22 bits per heavy atom. The summed E-state index contributed by atoms with van der Waals surface area (Å²) in [6.07, 6.45) is 3.63. The van der Waals surface area contributed by atoms with Crippen LogP contribution in [0.5, 0.6) is 0 Å². The molecule has 0 aromatic heterocycles. The van der Waals surface area contributed by atoms with Crippen LogP contribution in [0.1, 0.15) is 32.6 Å². The molecule has 1 fully saturated rings. The smallest absolute Gasteiger partial charge is 0.310 e. The Kier molecular flexibility index (Phi) is 6.12. The highest BCUT2D eigenvalue weighted by Crippen LogP contribution is 2.17. The minimum atomic E-state index is -0.285. The summed E-state index contributed by atoms with van der Waals surface area (Å²) < 4.78 is 10.1. The van der Waals surface area contributed by atoms with Gasteiger partial charge in [0.25, 0.3) is 0 Å². The molecule has 1 saturated heterocycles. The van der Waals surface area contributed by atoms with Crippen LogP contribution < -0.4 is 0 Å². The van der Waals surface area contributed by atoms with Crippen molar-refractivity contribution in [2.45, 2.75) is 38.7 Å². The van der Waals surface area contributed by atoms with Crippen molar-refractivity contribution in [2.75, 3.05) is 27.3 Å². The fourth-order valence-corrected chi connectivity index (χ4v) is 2.14. The molecule has 0 N–H and O–H groups in total. The number of carbonyl (C=O) groups excluding carboxylic acids is 2. The summed E-state index contributed by atoms with van der Waals surface area (Å²) in [6.45, 7) is 2.97. The van der Waals surface area contributed by atoms with Gasteiger partial charge in [0, 0.05) is 26.6 Å². The van der Waals surface area contributed by atoms with Crippen molar-refractivity contribution in [3.63, 3.8) is 0 Å². The van der Waals surface area contributed by atoms with Crippen molar-refractivity contribution in [1.82, 2.24) is 4.90 Å². The Balaban J connectivity index is 2.25. The third-order valence-corrected chi connectivity index (χ3v) is 3.28. The third kappa shape index (κ3) is 4.64. The van der Waals surface area contributed by atoms with Crippen LogP contribution in [0.4, 0.5) is 0 Å². The van der Waals surface area contributed by atoms with E-state index in [1.807, 2.05) is 0 Å². The zero-order chi connectivity index (χ0) is 13.5. The molecule has 0 aliphatic carbocycles. The Hall–Kier alpha value is -1.10. The van der Waals surface area contributed by atoms with Gasteiger partial charge in [0.2, 0.25) is 5.91 Å². The molecule has 18 heavy (non-hydrogen) atoms. The highest BCUT2D eigenvalue weighted by Gasteiger charge is 2.21. The molecule has 1 heterocycles. The van der Waals surface area contributed by atoms with Gasteiger partial charge in [-0.3, -0.25) is 9.59 Å². The molecule has 0 saturated carbocycles. The first-order chi connectivity index (χ1) is 8.54. The minimum absolute atomic E-state index is 0.0567. The van der Waals surface area contributed by atoms with E-state index in [0.29, 0.717) is 13.0 Å². The van der Waals surface area contributed by atoms with Crippen LogP contribution in [0.25, 0.3) is 0 Å². The van der Waals surface area contributed by atoms with Gasteiger partial charge in [-0.2, -0.15) is 0 Å². The molecule has 1 aliphatic rings. The molecule has 1 aliphatic heterocycles. The van der Waals surface area contributed by atoms with Gasteiger partial charge in [-0.15, -0.1) is 0 Å². The predicted molar refractivity (Wildman–Crippen MR) is 67.0 cm³/mol. The number of hydrogen-bond donors (Lipinski definition) is 0. The zero-order valence-corrected chi connectivity index (χ0v) is 11.5. The normalized spacial score (nSPS) is 20.5. The summed E-state index contributed by atoms with van der Waals surface area (Å²) in [5, 5.41) is 0. The van der Waals surface area contributed by atoms with Crippen molar-refractivity contribution < 1.29 is 19.1 Å². The maximum absolute atomic E-state index is 11.9. The van der Waals surface area contributed by atoms with E-state index in [-0.39, 0.29) is 23.9 Å².